The van der Waals surface area contributed by atoms with Gasteiger partial charge in [-0.2, -0.15) is 0 Å². The molecule has 2 aromatic rings. The van der Waals surface area contributed by atoms with Gasteiger partial charge in [-0.05, 0) is 50.1 Å². The molecule has 4 rings (SSSR count). The maximum absolute atomic E-state index is 12.1. The molecule has 0 amide bonds. The first-order valence-electron chi connectivity index (χ1n) is 17.0. The normalized spacial score (nSPS) is 18.0. The summed E-state index contributed by atoms with van der Waals surface area (Å²) < 4.78 is 12.1. The van der Waals surface area contributed by atoms with E-state index < -0.39 is 11.1 Å². The van der Waals surface area contributed by atoms with Gasteiger partial charge in [0.15, 0.2) is 0 Å². The Labute approximate surface area is 260 Å². The molecule has 1 atom stereocenters. The van der Waals surface area contributed by atoms with Crippen LogP contribution in [0.2, 0.25) is 0 Å². The van der Waals surface area contributed by atoms with Crippen molar-refractivity contribution in [3.05, 3.63) is 63.7 Å². The van der Waals surface area contributed by atoms with Crippen molar-refractivity contribution in [2.45, 2.75) is 135 Å². The highest BCUT2D eigenvalue weighted by Gasteiger charge is 2.59. The number of nitro benzene ring substituents is 1. The number of methoxy groups -OCH3 is 1. The Morgan fingerprint density at radius 1 is 0.837 bits per heavy atom. The third-order valence-corrected chi connectivity index (χ3v) is 9.65. The largest absolute Gasteiger partial charge is 0.496 e. The van der Waals surface area contributed by atoms with E-state index in [1.165, 1.54) is 115 Å². The molecule has 0 radical (unpaired) electrons. The van der Waals surface area contributed by atoms with E-state index in [9.17, 15) is 10.1 Å². The lowest BCUT2D eigenvalue weighted by Crippen LogP contribution is -2.59. The highest BCUT2D eigenvalue weighted by molar-refractivity contribution is 5.75. The lowest BCUT2D eigenvalue weighted by molar-refractivity contribution is -0.386. The lowest BCUT2D eigenvalue weighted by Gasteiger charge is -2.47. The minimum atomic E-state index is -0.849. The number of nitro groups is 1. The van der Waals surface area contributed by atoms with Crippen LogP contribution in [0.15, 0.2) is 42.5 Å². The van der Waals surface area contributed by atoms with Gasteiger partial charge >= 0.3 is 5.69 Å². The van der Waals surface area contributed by atoms with Crippen molar-refractivity contribution in [2.24, 2.45) is 0 Å². The molecule has 2 aliphatic rings. The maximum Gasteiger partial charge on any atom is 0.315 e. The first-order chi connectivity index (χ1) is 20.9. The zero-order valence-electron chi connectivity index (χ0n) is 27.2. The summed E-state index contributed by atoms with van der Waals surface area (Å²) in [5.74, 6) is 0.764. The number of hydrogen-bond acceptors (Lipinski definition) is 5. The summed E-state index contributed by atoms with van der Waals surface area (Å²) in [6.45, 7) is 7.49. The first-order valence-corrected chi connectivity index (χ1v) is 17.0. The van der Waals surface area contributed by atoms with Crippen LogP contribution in [0.3, 0.4) is 0 Å². The standard InChI is InChI=1S/C37H54N2O4/c1-5-6-7-8-9-10-11-12-13-14-15-16-17-18-19-22-27-38-33-24-21-20-23-32(33)36(2,3)37(38)26-25-30-28-31(42-4)29-34(39(40)41)35(30)43-37/h20-21,23-26,28-29H,5-19,22,27H2,1-4H3. The van der Waals surface area contributed by atoms with E-state index in [0.29, 0.717) is 17.1 Å². The second kappa shape index (κ2) is 15.6. The van der Waals surface area contributed by atoms with Crippen LogP contribution in [-0.2, 0) is 5.41 Å². The Kier molecular flexibility index (Phi) is 12.0. The van der Waals surface area contributed by atoms with Crippen molar-refractivity contribution < 1.29 is 14.4 Å². The fourth-order valence-corrected chi connectivity index (χ4v) is 7.02. The number of rotatable bonds is 19. The van der Waals surface area contributed by atoms with Crippen LogP contribution in [-0.4, -0.2) is 24.3 Å². The summed E-state index contributed by atoms with van der Waals surface area (Å²) in [6, 6.07) is 11.7. The van der Waals surface area contributed by atoms with E-state index in [0.717, 1.165) is 18.7 Å². The van der Waals surface area contributed by atoms with Crippen molar-refractivity contribution in [3.8, 4) is 11.5 Å². The van der Waals surface area contributed by atoms with E-state index >= 15 is 0 Å². The van der Waals surface area contributed by atoms with Crippen LogP contribution in [0.5, 0.6) is 11.5 Å². The van der Waals surface area contributed by atoms with Crippen molar-refractivity contribution in [3.63, 3.8) is 0 Å². The van der Waals surface area contributed by atoms with Crippen molar-refractivity contribution in [1.82, 2.24) is 0 Å². The predicted octanol–water partition coefficient (Wildman–Crippen LogP) is 10.8. The molecule has 0 aliphatic carbocycles. The summed E-state index contributed by atoms with van der Waals surface area (Å²) in [7, 11) is 1.52. The molecule has 6 nitrogen and oxygen atoms in total. The quantitative estimate of drug-likeness (QED) is 0.0925. The van der Waals surface area contributed by atoms with Gasteiger partial charge < -0.3 is 14.4 Å². The van der Waals surface area contributed by atoms with Gasteiger partial charge in [-0.25, -0.2) is 0 Å². The Morgan fingerprint density at radius 3 is 1.95 bits per heavy atom. The average Bonchev–Trinajstić information content (AvgIpc) is 3.18. The average molecular weight is 591 g/mol. The molecule has 0 aromatic heterocycles. The van der Waals surface area contributed by atoms with Gasteiger partial charge in [0, 0.05) is 17.8 Å². The Morgan fingerprint density at radius 2 is 1.40 bits per heavy atom. The van der Waals surface area contributed by atoms with Crippen LogP contribution < -0.4 is 14.4 Å². The minimum absolute atomic E-state index is 0.0628. The molecule has 43 heavy (non-hydrogen) atoms. The van der Waals surface area contributed by atoms with Crippen molar-refractivity contribution in [1.29, 1.82) is 0 Å². The molecule has 2 aliphatic heterocycles. The molecule has 1 spiro atoms. The molecule has 0 fully saturated rings. The second-order valence-electron chi connectivity index (χ2n) is 13.1. The first kappa shape index (κ1) is 32.9. The molecule has 0 bridgehead atoms. The fourth-order valence-electron chi connectivity index (χ4n) is 7.02. The summed E-state index contributed by atoms with van der Waals surface area (Å²) in [5.41, 5.74) is 1.70. The van der Waals surface area contributed by atoms with E-state index in [-0.39, 0.29) is 10.6 Å². The topological polar surface area (TPSA) is 64.8 Å². The van der Waals surface area contributed by atoms with E-state index in [2.05, 4.69) is 56.0 Å². The van der Waals surface area contributed by atoms with Crippen LogP contribution in [0.1, 0.15) is 135 Å². The number of ether oxygens (including phenoxy) is 2. The number of para-hydroxylation sites is 1. The third-order valence-electron chi connectivity index (χ3n) is 9.65. The number of anilines is 1. The Balaban J connectivity index is 1.28. The number of nitrogens with zero attached hydrogens (tertiary/aromatic N) is 2. The molecule has 2 aromatic carbocycles. The van der Waals surface area contributed by atoms with Crippen LogP contribution in [0.25, 0.3) is 6.08 Å². The summed E-state index contributed by atoms with van der Waals surface area (Å²) in [5, 5.41) is 12.1. The highest BCUT2D eigenvalue weighted by Crippen LogP contribution is 2.56. The van der Waals surface area contributed by atoms with Gasteiger partial charge in [0.25, 0.3) is 0 Å². The molecular weight excluding hydrogens is 536 g/mol. The lowest BCUT2D eigenvalue weighted by atomic mass is 9.76. The summed E-state index contributed by atoms with van der Waals surface area (Å²) >= 11 is 0. The smallest absolute Gasteiger partial charge is 0.315 e. The van der Waals surface area contributed by atoms with E-state index in [1.54, 1.807) is 6.07 Å². The zero-order chi connectivity index (χ0) is 30.7. The molecule has 0 N–H and O–H groups in total. The van der Waals surface area contributed by atoms with Crippen LogP contribution in [0.4, 0.5) is 11.4 Å². The summed E-state index contributed by atoms with van der Waals surface area (Å²) in [6.07, 6.45) is 25.5. The molecule has 2 heterocycles. The highest BCUT2D eigenvalue weighted by atomic mass is 16.6. The number of hydrogen-bond donors (Lipinski definition) is 0. The Hall–Kier alpha value is -3.02. The van der Waals surface area contributed by atoms with Gasteiger partial charge in [0.2, 0.25) is 11.5 Å². The Bertz CT molecular complexity index is 1220. The molecule has 0 saturated carbocycles. The summed E-state index contributed by atoms with van der Waals surface area (Å²) in [4.78, 5) is 14.1. The zero-order valence-corrected chi connectivity index (χ0v) is 27.2. The number of benzene rings is 2. The number of fused-ring (bicyclic) bond motifs is 2. The van der Waals surface area contributed by atoms with E-state index in [4.69, 9.17) is 9.47 Å². The van der Waals surface area contributed by atoms with Crippen LogP contribution in [0, 0.1) is 10.1 Å². The SMILES string of the molecule is CCCCCCCCCCCCCCCCCCN1c2ccccc2C(C)(C)C12C=Cc1cc(OC)cc([N+](=O)[O-])c1O2. The molecule has 6 heteroatoms. The van der Waals surface area contributed by atoms with Crippen LogP contribution >= 0.6 is 0 Å². The van der Waals surface area contributed by atoms with Gasteiger partial charge in [-0.15, -0.1) is 0 Å². The van der Waals surface area contributed by atoms with Gasteiger partial charge in [-0.1, -0.05) is 121 Å². The van der Waals surface area contributed by atoms with E-state index in [1.807, 2.05) is 6.08 Å². The molecule has 1 unspecified atom stereocenters. The third kappa shape index (κ3) is 7.56. The van der Waals surface area contributed by atoms with Gasteiger partial charge in [-0.3, -0.25) is 10.1 Å². The minimum Gasteiger partial charge on any atom is -0.496 e. The maximum atomic E-state index is 12.1. The molecular formula is C37H54N2O4. The monoisotopic (exact) mass is 590 g/mol. The predicted molar refractivity (Wildman–Crippen MR) is 178 cm³/mol. The number of unbranched alkanes of at least 4 members (excludes halogenated alkanes) is 15. The van der Waals surface area contributed by atoms with Gasteiger partial charge in [0.05, 0.1) is 23.5 Å². The van der Waals surface area contributed by atoms with Crippen molar-refractivity contribution in [2.75, 3.05) is 18.6 Å². The van der Waals surface area contributed by atoms with Gasteiger partial charge in [0.1, 0.15) is 5.75 Å². The molecule has 0 saturated heterocycles. The fraction of sp³-hybridized carbons (Fsp3) is 0.622. The van der Waals surface area contributed by atoms with Crippen molar-refractivity contribution >= 4 is 17.5 Å². The molecule has 236 valence electrons. The second-order valence-corrected chi connectivity index (χ2v) is 13.1.